The highest BCUT2D eigenvalue weighted by atomic mass is 14.6. The molecule has 2 N–H and O–H groups in total. The number of hydrogen-bond acceptors (Lipinski definition) is 1. The van der Waals surface area contributed by atoms with E-state index in [9.17, 15) is 0 Å². The Morgan fingerprint density at radius 1 is 1.40 bits per heavy atom. The highest BCUT2D eigenvalue weighted by Gasteiger charge is 2.14. The van der Waals surface area contributed by atoms with Crippen LogP contribution in [0.2, 0.25) is 0 Å². The number of hydrogen-bond donors (Lipinski definition) is 1. The quantitative estimate of drug-likeness (QED) is 0.641. The second-order valence-corrected chi connectivity index (χ2v) is 3.71. The Morgan fingerprint density at radius 2 is 2.00 bits per heavy atom. The van der Waals surface area contributed by atoms with Crippen molar-refractivity contribution in [2.24, 2.45) is 11.7 Å². The number of rotatable bonds is 3. The third-order valence-electron chi connectivity index (χ3n) is 2.51. The molecule has 0 saturated heterocycles. The van der Waals surface area contributed by atoms with Crippen LogP contribution in [0.15, 0.2) is 0 Å². The molecule has 1 nitrogen and oxygen atoms in total. The van der Waals surface area contributed by atoms with Gasteiger partial charge in [0.25, 0.3) is 0 Å². The Balaban J connectivity index is 2.01. The summed E-state index contributed by atoms with van der Waals surface area (Å²) in [7, 11) is 0. The van der Waals surface area contributed by atoms with Gasteiger partial charge in [-0.3, -0.25) is 0 Å². The molecule has 0 aromatic rings. The first-order valence-corrected chi connectivity index (χ1v) is 4.54. The Hall–Kier alpha value is -0.0400. The van der Waals surface area contributed by atoms with Crippen LogP contribution in [0.25, 0.3) is 0 Å². The van der Waals surface area contributed by atoms with Crippen molar-refractivity contribution in [1.82, 2.24) is 0 Å². The summed E-state index contributed by atoms with van der Waals surface area (Å²) < 4.78 is 0. The molecule has 1 aliphatic carbocycles. The second-order valence-electron chi connectivity index (χ2n) is 3.71. The summed E-state index contributed by atoms with van der Waals surface area (Å²) in [4.78, 5) is 0. The van der Waals surface area contributed by atoms with Gasteiger partial charge in [0.15, 0.2) is 0 Å². The van der Waals surface area contributed by atoms with E-state index >= 15 is 0 Å². The molecule has 0 spiro atoms. The molecule has 0 amide bonds. The minimum atomic E-state index is 0.417. The Labute approximate surface area is 64.0 Å². The van der Waals surface area contributed by atoms with Crippen molar-refractivity contribution in [3.05, 3.63) is 0 Å². The zero-order valence-corrected chi connectivity index (χ0v) is 6.97. The average molecular weight is 141 g/mol. The van der Waals surface area contributed by atoms with Crippen LogP contribution in [-0.2, 0) is 0 Å². The van der Waals surface area contributed by atoms with E-state index < -0.39 is 0 Å². The van der Waals surface area contributed by atoms with Crippen LogP contribution in [0.4, 0.5) is 0 Å². The van der Waals surface area contributed by atoms with Crippen molar-refractivity contribution in [3.8, 4) is 0 Å². The maximum atomic E-state index is 5.67. The maximum absolute atomic E-state index is 5.67. The van der Waals surface area contributed by atoms with Crippen LogP contribution >= 0.6 is 0 Å². The monoisotopic (exact) mass is 141 g/mol. The smallest absolute Gasteiger partial charge is 0.00105 e. The lowest BCUT2D eigenvalue weighted by molar-refractivity contribution is 0.459. The first kappa shape index (κ1) is 8.06. The van der Waals surface area contributed by atoms with Crippen LogP contribution in [0.3, 0.4) is 0 Å². The molecule has 0 bridgehead atoms. The molecule has 0 heterocycles. The van der Waals surface area contributed by atoms with Crippen molar-refractivity contribution in [2.75, 3.05) is 0 Å². The lowest BCUT2D eigenvalue weighted by Crippen LogP contribution is -2.15. The molecule has 0 aromatic heterocycles. The molecule has 0 radical (unpaired) electrons. The fraction of sp³-hybridized carbons (Fsp3) is 1.00. The SMILES string of the molecule is C[C@H](N)CCC1CCCC1. The standard InChI is InChI=1S/C9H19N/c1-8(10)6-7-9-4-2-3-5-9/h8-9H,2-7,10H2,1H3/t8-/m0/s1. The molecule has 1 atom stereocenters. The topological polar surface area (TPSA) is 26.0 Å². The van der Waals surface area contributed by atoms with Gasteiger partial charge in [-0.25, -0.2) is 0 Å². The molecule has 10 heavy (non-hydrogen) atoms. The highest BCUT2D eigenvalue weighted by Crippen LogP contribution is 2.28. The van der Waals surface area contributed by atoms with Gasteiger partial charge in [0.1, 0.15) is 0 Å². The molecular weight excluding hydrogens is 122 g/mol. The van der Waals surface area contributed by atoms with E-state index in [0.29, 0.717) is 6.04 Å². The summed E-state index contributed by atoms with van der Waals surface area (Å²) in [6.45, 7) is 2.11. The molecule has 1 rings (SSSR count). The summed E-state index contributed by atoms with van der Waals surface area (Å²) in [5.74, 6) is 1.02. The number of nitrogens with two attached hydrogens (primary N) is 1. The molecule has 1 heteroatoms. The van der Waals surface area contributed by atoms with Crippen molar-refractivity contribution in [1.29, 1.82) is 0 Å². The molecule has 0 aromatic carbocycles. The maximum Gasteiger partial charge on any atom is 0.00105 e. The van der Waals surface area contributed by atoms with Gasteiger partial charge in [-0.15, -0.1) is 0 Å². The van der Waals surface area contributed by atoms with E-state index in [0.717, 1.165) is 5.92 Å². The van der Waals surface area contributed by atoms with Gasteiger partial charge in [-0.1, -0.05) is 25.7 Å². The first-order chi connectivity index (χ1) is 4.79. The van der Waals surface area contributed by atoms with Crippen molar-refractivity contribution in [2.45, 2.75) is 51.5 Å². The molecule has 1 saturated carbocycles. The average Bonchev–Trinajstić information content (AvgIpc) is 2.34. The summed E-state index contributed by atoms with van der Waals surface area (Å²) in [6, 6.07) is 0.417. The van der Waals surface area contributed by atoms with Crippen LogP contribution in [0, 0.1) is 5.92 Å². The molecule has 1 fully saturated rings. The van der Waals surface area contributed by atoms with Crippen molar-refractivity contribution < 1.29 is 0 Å². The molecule has 0 aliphatic heterocycles. The van der Waals surface area contributed by atoms with E-state index in [2.05, 4.69) is 6.92 Å². The summed E-state index contributed by atoms with van der Waals surface area (Å²) in [5.41, 5.74) is 5.67. The molecule has 1 aliphatic rings. The predicted molar refractivity (Wildman–Crippen MR) is 44.8 cm³/mol. The lowest BCUT2D eigenvalue weighted by Gasteiger charge is -2.09. The zero-order valence-electron chi connectivity index (χ0n) is 6.97. The van der Waals surface area contributed by atoms with Crippen LogP contribution in [0.5, 0.6) is 0 Å². The summed E-state index contributed by atoms with van der Waals surface area (Å²) in [6.07, 6.45) is 8.45. The zero-order chi connectivity index (χ0) is 7.40. The molecular formula is C9H19N. The second kappa shape index (κ2) is 3.97. The highest BCUT2D eigenvalue weighted by molar-refractivity contribution is 4.68. The van der Waals surface area contributed by atoms with Gasteiger partial charge in [0.05, 0.1) is 0 Å². The normalized spacial score (nSPS) is 23.4. The van der Waals surface area contributed by atoms with Crippen LogP contribution < -0.4 is 5.73 Å². The summed E-state index contributed by atoms with van der Waals surface area (Å²) in [5, 5.41) is 0. The van der Waals surface area contributed by atoms with E-state index in [4.69, 9.17) is 5.73 Å². The predicted octanol–water partition coefficient (Wildman–Crippen LogP) is 2.30. The third-order valence-corrected chi connectivity index (χ3v) is 2.51. The Morgan fingerprint density at radius 3 is 2.50 bits per heavy atom. The Bertz CT molecular complexity index is 82.7. The van der Waals surface area contributed by atoms with Crippen molar-refractivity contribution >= 4 is 0 Å². The van der Waals surface area contributed by atoms with Gasteiger partial charge >= 0.3 is 0 Å². The minimum absolute atomic E-state index is 0.417. The van der Waals surface area contributed by atoms with Crippen LogP contribution in [-0.4, -0.2) is 6.04 Å². The van der Waals surface area contributed by atoms with Gasteiger partial charge < -0.3 is 5.73 Å². The Kier molecular flexibility index (Phi) is 3.20. The van der Waals surface area contributed by atoms with Crippen LogP contribution in [0.1, 0.15) is 45.4 Å². The van der Waals surface area contributed by atoms with E-state index in [1.807, 2.05) is 0 Å². The van der Waals surface area contributed by atoms with Gasteiger partial charge in [0, 0.05) is 6.04 Å². The minimum Gasteiger partial charge on any atom is -0.328 e. The third kappa shape index (κ3) is 2.70. The fourth-order valence-corrected chi connectivity index (χ4v) is 1.80. The molecule has 60 valence electrons. The fourth-order valence-electron chi connectivity index (χ4n) is 1.80. The van der Waals surface area contributed by atoms with E-state index in [1.165, 1.54) is 38.5 Å². The first-order valence-electron chi connectivity index (χ1n) is 4.54. The van der Waals surface area contributed by atoms with E-state index in [-0.39, 0.29) is 0 Å². The van der Waals surface area contributed by atoms with Crippen molar-refractivity contribution in [3.63, 3.8) is 0 Å². The molecule has 0 unspecified atom stereocenters. The van der Waals surface area contributed by atoms with Gasteiger partial charge in [-0.05, 0) is 25.7 Å². The van der Waals surface area contributed by atoms with E-state index in [1.54, 1.807) is 0 Å². The van der Waals surface area contributed by atoms with Gasteiger partial charge in [-0.2, -0.15) is 0 Å². The largest absolute Gasteiger partial charge is 0.328 e. The summed E-state index contributed by atoms with van der Waals surface area (Å²) >= 11 is 0. The lowest BCUT2D eigenvalue weighted by atomic mass is 10.00. The van der Waals surface area contributed by atoms with Gasteiger partial charge in [0.2, 0.25) is 0 Å².